The van der Waals surface area contributed by atoms with Gasteiger partial charge >= 0.3 is 0 Å². The number of nitrogens with zero attached hydrogens (tertiary/aromatic N) is 2. The molecule has 5 heteroatoms. The molecule has 5 nitrogen and oxygen atoms in total. The number of Topliss-reactive ketones (excluding diaryl/α,β-unsaturated/α-hetero) is 1. The maximum absolute atomic E-state index is 12.5. The first-order valence-corrected chi connectivity index (χ1v) is 9.68. The predicted octanol–water partition coefficient (Wildman–Crippen LogP) is 3.49. The van der Waals surface area contributed by atoms with Crippen LogP contribution >= 0.6 is 0 Å². The van der Waals surface area contributed by atoms with Gasteiger partial charge in [-0.2, -0.15) is 0 Å². The molecule has 0 amide bonds. The summed E-state index contributed by atoms with van der Waals surface area (Å²) in [5.41, 5.74) is 7.16. The Bertz CT molecular complexity index is 601. The van der Waals surface area contributed by atoms with Gasteiger partial charge in [0.05, 0.1) is 6.10 Å². The van der Waals surface area contributed by atoms with Gasteiger partial charge in [-0.15, -0.1) is 0 Å². The predicted molar refractivity (Wildman–Crippen MR) is 89.2 cm³/mol. The minimum atomic E-state index is -0.448. The molecule has 0 aliphatic heterocycles. The summed E-state index contributed by atoms with van der Waals surface area (Å²) in [5, 5.41) is 14.4. The van der Waals surface area contributed by atoms with Crippen molar-refractivity contribution in [1.82, 2.24) is 4.91 Å². The molecule has 0 aromatic heterocycles. The fourth-order valence-corrected chi connectivity index (χ4v) is 7.24. The first kappa shape index (κ1) is 16.4. The van der Waals surface area contributed by atoms with Crippen molar-refractivity contribution < 1.29 is 9.90 Å². The molecule has 0 bridgehead atoms. The number of nitrogens with one attached hydrogen (secondary N) is 1. The summed E-state index contributed by atoms with van der Waals surface area (Å²) in [6, 6.07) is -0.221. The fraction of sp³-hybridized carbons (Fsp3) is 0.947. The third kappa shape index (κ3) is 2.10. The van der Waals surface area contributed by atoms with Crippen molar-refractivity contribution in [3.63, 3.8) is 0 Å². The summed E-state index contributed by atoms with van der Waals surface area (Å²) in [7, 11) is 0. The summed E-state index contributed by atoms with van der Waals surface area (Å²) < 4.78 is 0. The standard InChI is InChI=1S/C19H30N3O2/c1-18-8-7-14-12(13(18)5-6-17(18)24)4-3-11-9-16(23)15(21-22-20)10-19(11,14)2/h11-16,20,23H,3-10H2,1-2H3/q+1. The number of aliphatic hydroxyl groups is 1. The van der Waals surface area contributed by atoms with E-state index in [1.807, 2.05) is 0 Å². The first-order chi connectivity index (χ1) is 11.4. The number of hydrogen-bond donors (Lipinski definition) is 2. The Morgan fingerprint density at radius 1 is 1.21 bits per heavy atom. The molecule has 24 heavy (non-hydrogen) atoms. The van der Waals surface area contributed by atoms with Gasteiger partial charge < -0.3 is 5.11 Å². The highest BCUT2D eigenvalue weighted by Crippen LogP contribution is 2.65. The van der Waals surface area contributed by atoms with Crippen molar-refractivity contribution in [3.8, 4) is 0 Å². The molecule has 0 heterocycles. The van der Waals surface area contributed by atoms with Gasteiger partial charge in [0.1, 0.15) is 16.4 Å². The molecule has 4 saturated carbocycles. The van der Waals surface area contributed by atoms with E-state index >= 15 is 0 Å². The zero-order chi connectivity index (χ0) is 17.1. The van der Waals surface area contributed by atoms with Crippen molar-refractivity contribution in [2.45, 2.75) is 77.4 Å². The highest BCUT2D eigenvalue weighted by molar-refractivity contribution is 5.87. The maximum Gasteiger partial charge on any atom is 0.214 e. The van der Waals surface area contributed by atoms with Crippen LogP contribution in [0.25, 0.3) is 0 Å². The van der Waals surface area contributed by atoms with E-state index in [0.29, 0.717) is 29.5 Å². The van der Waals surface area contributed by atoms with Gasteiger partial charge in [0, 0.05) is 11.8 Å². The molecule has 132 valence electrons. The Morgan fingerprint density at radius 2 is 2.00 bits per heavy atom. The molecule has 4 rings (SSSR count). The molecule has 8 atom stereocenters. The highest BCUT2D eigenvalue weighted by Gasteiger charge is 2.61. The van der Waals surface area contributed by atoms with Crippen molar-refractivity contribution >= 4 is 5.78 Å². The summed E-state index contributed by atoms with van der Waals surface area (Å²) in [6.07, 6.45) is 7.61. The second kappa shape index (κ2) is 5.47. The molecule has 0 aromatic rings. The maximum atomic E-state index is 12.5. The lowest BCUT2D eigenvalue weighted by atomic mass is 9.45. The van der Waals surface area contributed by atoms with Crippen molar-refractivity contribution in [1.29, 1.82) is 5.53 Å². The molecule has 4 aliphatic rings. The molecule has 8 unspecified atom stereocenters. The van der Waals surface area contributed by atoms with Crippen LogP contribution in [0.3, 0.4) is 0 Å². The van der Waals surface area contributed by atoms with E-state index in [1.54, 1.807) is 0 Å². The molecule has 0 spiro atoms. The Balaban J connectivity index is 1.65. The van der Waals surface area contributed by atoms with Crippen LogP contribution in [-0.4, -0.2) is 23.0 Å². The third-order valence-corrected chi connectivity index (χ3v) is 8.60. The van der Waals surface area contributed by atoms with E-state index in [1.165, 1.54) is 12.8 Å². The number of aliphatic hydroxyl groups excluding tert-OH is 1. The topological polar surface area (TPSA) is 87.6 Å². The van der Waals surface area contributed by atoms with Crippen molar-refractivity contribution in [3.05, 3.63) is 0 Å². The second-order valence-corrected chi connectivity index (χ2v) is 9.36. The first-order valence-electron chi connectivity index (χ1n) is 9.68. The second-order valence-electron chi connectivity index (χ2n) is 9.36. The van der Waals surface area contributed by atoms with Crippen LogP contribution in [0.5, 0.6) is 0 Å². The monoisotopic (exact) mass is 332 g/mol. The Morgan fingerprint density at radius 3 is 2.75 bits per heavy atom. The van der Waals surface area contributed by atoms with Gasteiger partial charge in [-0.1, -0.05) is 13.8 Å². The van der Waals surface area contributed by atoms with Gasteiger partial charge in [-0.3, -0.25) is 4.79 Å². The third-order valence-electron chi connectivity index (χ3n) is 8.60. The molecular weight excluding hydrogens is 302 g/mol. The lowest BCUT2D eigenvalue weighted by Gasteiger charge is -2.60. The zero-order valence-corrected chi connectivity index (χ0v) is 14.9. The van der Waals surface area contributed by atoms with E-state index in [2.05, 4.69) is 23.9 Å². The zero-order valence-electron chi connectivity index (χ0n) is 14.9. The number of hydrogen-bond acceptors (Lipinski definition) is 4. The number of ketones is 1. The molecule has 2 N–H and O–H groups in total. The van der Waals surface area contributed by atoms with Crippen LogP contribution in [-0.2, 0) is 4.79 Å². The van der Waals surface area contributed by atoms with Gasteiger partial charge in [0.2, 0.25) is 4.91 Å². The SMILES string of the molecule is CC12CCC3C(CCC4CC(O)C(N=[N+]=N)CC43C)C1CCC2=O. The minimum Gasteiger partial charge on any atom is -0.391 e. The number of carbonyl (C=O) groups is 1. The number of carbonyl (C=O) groups excluding carboxylic acids is 1. The van der Waals surface area contributed by atoms with E-state index in [4.69, 9.17) is 5.53 Å². The van der Waals surface area contributed by atoms with E-state index in [-0.39, 0.29) is 16.9 Å². The molecule has 0 aromatic carbocycles. The van der Waals surface area contributed by atoms with Gasteiger partial charge in [-0.25, -0.2) is 0 Å². The van der Waals surface area contributed by atoms with Crippen molar-refractivity contribution in [2.24, 2.45) is 39.6 Å². The molecule has 4 aliphatic carbocycles. The van der Waals surface area contributed by atoms with Gasteiger partial charge in [0.25, 0.3) is 0 Å². The lowest BCUT2D eigenvalue weighted by Crippen LogP contribution is -2.56. The van der Waals surface area contributed by atoms with Gasteiger partial charge in [0.15, 0.2) is 6.04 Å². The Hall–Kier alpha value is -1.06. The number of fused-ring (bicyclic) bond motifs is 5. The van der Waals surface area contributed by atoms with Crippen LogP contribution in [0, 0.1) is 40.0 Å². The average molecular weight is 332 g/mol. The summed E-state index contributed by atoms with van der Waals surface area (Å²) in [5.74, 6) is 2.90. The van der Waals surface area contributed by atoms with Crippen LogP contribution < -0.4 is 4.91 Å². The van der Waals surface area contributed by atoms with E-state index < -0.39 is 6.10 Å². The fourth-order valence-electron chi connectivity index (χ4n) is 7.24. The van der Waals surface area contributed by atoms with Crippen LogP contribution in [0.15, 0.2) is 5.11 Å². The summed E-state index contributed by atoms with van der Waals surface area (Å²) in [4.78, 5) is 15.7. The molecule has 4 fully saturated rings. The van der Waals surface area contributed by atoms with Crippen molar-refractivity contribution in [2.75, 3.05) is 0 Å². The summed E-state index contributed by atoms with van der Waals surface area (Å²) >= 11 is 0. The van der Waals surface area contributed by atoms with E-state index in [0.717, 1.165) is 38.5 Å². The largest absolute Gasteiger partial charge is 0.391 e. The smallest absolute Gasteiger partial charge is 0.214 e. The van der Waals surface area contributed by atoms with Gasteiger partial charge in [-0.05, 0) is 74.0 Å². The molecule has 0 saturated heterocycles. The molecular formula is C19H30N3O2+. The normalized spacial score (nSPS) is 53.5. The summed E-state index contributed by atoms with van der Waals surface area (Å²) in [6.45, 7) is 4.62. The lowest BCUT2D eigenvalue weighted by molar-refractivity contribution is -0.144. The minimum absolute atomic E-state index is 0.0706. The Labute approximate surface area is 143 Å². The number of rotatable bonds is 1. The van der Waals surface area contributed by atoms with E-state index in [9.17, 15) is 9.90 Å². The van der Waals surface area contributed by atoms with Crippen LogP contribution in [0.1, 0.15) is 65.2 Å². The molecule has 0 radical (unpaired) electrons. The average Bonchev–Trinajstić information content (AvgIpc) is 2.85. The van der Waals surface area contributed by atoms with Crippen LogP contribution in [0.2, 0.25) is 0 Å². The highest BCUT2D eigenvalue weighted by atomic mass is 16.3. The van der Waals surface area contributed by atoms with Crippen LogP contribution in [0.4, 0.5) is 0 Å². The Kier molecular flexibility index (Phi) is 3.74. The quantitative estimate of drug-likeness (QED) is 0.569.